The summed E-state index contributed by atoms with van der Waals surface area (Å²) in [6.07, 6.45) is 1.48. The quantitative estimate of drug-likeness (QED) is 0.477. The van der Waals surface area contributed by atoms with Crippen LogP contribution in [0.3, 0.4) is 0 Å². The van der Waals surface area contributed by atoms with Crippen molar-refractivity contribution in [2.75, 3.05) is 7.11 Å². The van der Waals surface area contributed by atoms with E-state index in [9.17, 15) is 19.4 Å². The number of halogens is 1. The van der Waals surface area contributed by atoms with Gasteiger partial charge < -0.3 is 14.9 Å². The summed E-state index contributed by atoms with van der Waals surface area (Å²) in [6.45, 7) is 0. The molecule has 0 radical (unpaired) electrons. The molecule has 146 valence electrons. The SMILES string of the molecule is COc1ccccc1-c1c(C(=O)c2nccs2)c(O)c(O)n1-c1ccc(F)cc1. The molecule has 0 bridgehead atoms. The molecular weight excluding hydrogens is 395 g/mol. The smallest absolute Gasteiger partial charge is 0.240 e. The van der Waals surface area contributed by atoms with E-state index in [1.165, 1.54) is 42.1 Å². The van der Waals surface area contributed by atoms with Crippen molar-refractivity contribution in [2.24, 2.45) is 0 Å². The van der Waals surface area contributed by atoms with E-state index in [4.69, 9.17) is 4.74 Å². The minimum Gasteiger partial charge on any atom is -0.503 e. The Morgan fingerprint density at radius 2 is 1.86 bits per heavy atom. The number of carbonyl (C=O) groups excluding carboxylic acids is 1. The molecule has 4 rings (SSSR count). The first-order valence-electron chi connectivity index (χ1n) is 8.53. The molecule has 29 heavy (non-hydrogen) atoms. The number of hydrogen-bond acceptors (Lipinski definition) is 6. The molecule has 6 nitrogen and oxygen atoms in total. The number of methoxy groups -OCH3 is 1. The second kappa shape index (κ2) is 7.40. The molecule has 2 aromatic carbocycles. The van der Waals surface area contributed by atoms with Crippen LogP contribution in [0.2, 0.25) is 0 Å². The van der Waals surface area contributed by atoms with Gasteiger partial charge in [-0.05, 0) is 36.4 Å². The van der Waals surface area contributed by atoms with Crippen LogP contribution in [-0.2, 0) is 0 Å². The molecule has 0 spiro atoms. The molecule has 0 saturated carbocycles. The minimum atomic E-state index is -0.588. The maximum atomic E-state index is 13.4. The summed E-state index contributed by atoms with van der Waals surface area (Å²) in [4.78, 5) is 17.2. The largest absolute Gasteiger partial charge is 0.503 e. The maximum absolute atomic E-state index is 13.4. The van der Waals surface area contributed by atoms with E-state index in [0.29, 0.717) is 17.0 Å². The first-order chi connectivity index (χ1) is 14.0. The highest BCUT2D eigenvalue weighted by molar-refractivity contribution is 7.11. The number of aromatic nitrogens is 2. The predicted molar refractivity (Wildman–Crippen MR) is 107 cm³/mol. The lowest BCUT2D eigenvalue weighted by molar-refractivity contribution is 0.103. The van der Waals surface area contributed by atoms with Crippen LogP contribution in [-0.4, -0.2) is 32.7 Å². The molecule has 2 aromatic heterocycles. The molecule has 0 aliphatic heterocycles. The number of ether oxygens (including phenoxy) is 1. The minimum absolute atomic E-state index is 0.119. The summed E-state index contributed by atoms with van der Waals surface area (Å²) < 4.78 is 20.2. The van der Waals surface area contributed by atoms with Gasteiger partial charge in [-0.3, -0.25) is 9.36 Å². The Bertz CT molecular complexity index is 1180. The lowest BCUT2D eigenvalue weighted by Crippen LogP contribution is -2.05. The van der Waals surface area contributed by atoms with Crippen LogP contribution in [0.1, 0.15) is 15.4 Å². The van der Waals surface area contributed by atoms with E-state index in [1.54, 1.807) is 29.6 Å². The van der Waals surface area contributed by atoms with Crippen molar-refractivity contribution < 1.29 is 24.1 Å². The number of carbonyl (C=O) groups is 1. The zero-order valence-corrected chi connectivity index (χ0v) is 16.0. The summed E-state index contributed by atoms with van der Waals surface area (Å²) in [5.41, 5.74) is 0.920. The molecule has 0 aliphatic rings. The van der Waals surface area contributed by atoms with E-state index in [2.05, 4.69) is 4.98 Å². The molecular formula is C21H15FN2O4S. The number of thiazole rings is 1. The summed E-state index contributed by atoms with van der Waals surface area (Å²) in [7, 11) is 1.48. The fraction of sp³-hybridized carbons (Fsp3) is 0.0476. The summed E-state index contributed by atoms with van der Waals surface area (Å²) in [5, 5.41) is 23.2. The maximum Gasteiger partial charge on any atom is 0.240 e. The van der Waals surface area contributed by atoms with Crippen LogP contribution in [0.5, 0.6) is 17.4 Å². The molecule has 2 N–H and O–H groups in total. The highest BCUT2D eigenvalue weighted by Crippen LogP contribution is 2.46. The molecule has 0 atom stereocenters. The first kappa shape index (κ1) is 18.7. The van der Waals surface area contributed by atoms with Gasteiger partial charge in [0.1, 0.15) is 11.6 Å². The van der Waals surface area contributed by atoms with Gasteiger partial charge in [-0.2, -0.15) is 0 Å². The number of nitrogens with zero attached hydrogens (tertiary/aromatic N) is 2. The lowest BCUT2D eigenvalue weighted by atomic mass is 10.0. The normalized spacial score (nSPS) is 10.8. The number of aromatic hydroxyl groups is 2. The molecule has 0 unspecified atom stereocenters. The molecule has 4 aromatic rings. The Morgan fingerprint density at radius 3 is 2.52 bits per heavy atom. The Labute approximate surface area is 169 Å². The number of rotatable bonds is 5. The standard InChI is InChI=1S/C21H15FN2O4S/c1-28-15-5-3-2-4-14(15)17-16(18(25)20-23-10-11-29-20)19(26)21(27)24(17)13-8-6-12(22)7-9-13/h2-11,26-27H,1H3. The highest BCUT2D eigenvalue weighted by atomic mass is 32.1. The predicted octanol–water partition coefficient (Wildman–Crippen LogP) is 4.39. The molecule has 0 amide bonds. The number of ketones is 1. The molecule has 8 heteroatoms. The van der Waals surface area contributed by atoms with E-state index in [-0.39, 0.29) is 16.3 Å². The van der Waals surface area contributed by atoms with Gasteiger partial charge >= 0.3 is 0 Å². The fourth-order valence-corrected chi connectivity index (χ4v) is 3.72. The van der Waals surface area contributed by atoms with Gasteiger partial charge in [0.05, 0.1) is 18.4 Å². The topological polar surface area (TPSA) is 84.6 Å². The second-order valence-corrected chi connectivity index (χ2v) is 6.97. The third-order valence-corrected chi connectivity index (χ3v) is 5.19. The van der Waals surface area contributed by atoms with Gasteiger partial charge in [-0.25, -0.2) is 9.37 Å². The lowest BCUT2D eigenvalue weighted by Gasteiger charge is -2.14. The van der Waals surface area contributed by atoms with Crippen molar-refractivity contribution in [3.63, 3.8) is 0 Å². The monoisotopic (exact) mass is 410 g/mol. The van der Waals surface area contributed by atoms with Gasteiger partial charge in [0.25, 0.3) is 0 Å². The van der Waals surface area contributed by atoms with Crippen LogP contribution in [0.4, 0.5) is 4.39 Å². The van der Waals surface area contributed by atoms with E-state index < -0.39 is 23.2 Å². The summed E-state index contributed by atoms with van der Waals surface area (Å²) in [6, 6.07) is 12.2. The van der Waals surface area contributed by atoms with Crippen molar-refractivity contribution >= 4 is 17.1 Å². The number of benzene rings is 2. The Hall–Kier alpha value is -3.65. The highest BCUT2D eigenvalue weighted by Gasteiger charge is 2.32. The molecule has 0 saturated heterocycles. The van der Waals surface area contributed by atoms with Crippen molar-refractivity contribution in [3.8, 4) is 34.3 Å². The van der Waals surface area contributed by atoms with Crippen molar-refractivity contribution in [3.05, 3.63) is 76.5 Å². The van der Waals surface area contributed by atoms with Crippen molar-refractivity contribution in [1.29, 1.82) is 0 Å². The van der Waals surface area contributed by atoms with Gasteiger partial charge in [0.2, 0.25) is 11.7 Å². The van der Waals surface area contributed by atoms with E-state index in [0.717, 1.165) is 11.3 Å². The third-order valence-electron chi connectivity index (χ3n) is 4.42. The van der Waals surface area contributed by atoms with Gasteiger partial charge in [0, 0.05) is 22.8 Å². The zero-order valence-electron chi connectivity index (χ0n) is 15.2. The fourth-order valence-electron chi connectivity index (χ4n) is 3.14. The Balaban J connectivity index is 2.07. The van der Waals surface area contributed by atoms with Crippen molar-refractivity contribution in [2.45, 2.75) is 0 Å². The average Bonchev–Trinajstić information content (AvgIpc) is 3.36. The molecule has 0 aliphatic carbocycles. The molecule has 0 fully saturated rings. The van der Waals surface area contributed by atoms with Crippen LogP contribution >= 0.6 is 11.3 Å². The summed E-state index contributed by atoms with van der Waals surface area (Å²) in [5.74, 6) is -1.70. The average molecular weight is 410 g/mol. The second-order valence-electron chi connectivity index (χ2n) is 6.07. The van der Waals surface area contributed by atoms with Crippen LogP contribution in [0, 0.1) is 5.82 Å². The van der Waals surface area contributed by atoms with Gasteiger partial charge in [0.15, 0.2) is 10.8 Å². The van der Waals surface area contributed by atoms with Crippen LogP contribution in [0.15, 0.2) is 60.1 Å². The third kappa shape index (κ3) is 3.13. The summed E-state index contributed by atoms with van der Waals surface area (Å²) >= 11 is 1.12. The Morgan fingerprint density at radius 1 is 1.14 bits per heavy atom. The van der Waals surface area contributed by atoms with Gasteiger partial charge in [-0.15, -0.1) is 11.3 Å². The van der Waals surface area contributed by atoms with Crippen LogP contribution in [0.25, 0.3) is 16.9 Å². The first-order valence-corrected chi connectivity index (χ1v) is 9.41. The Kier molecular flexibility index (Phi) is 4.77. The number of para-hydroxylation sites is 1. The molecule has 2 heterocycles. The van der Waals surface area contributed by atoms with Crippen LogP contribution < -0.4 is 4.74 Å². The van der Waals surface area contributed by atoms with Gasteiger partial charge in [-0.1, -0.05) is 12.1 Å². The van der Waals surface area contributed by atoms with Crippen molar-refractivity contribution in [1.82, 2.24) is 9.55 Å². The zero-order chi connectivity index (χ0) is 20.5. The number of hydrogen-bond donors (Lipinski definition) is 2. The van der Waals surface area contributed by atoms with E-state index in [1.807, 2.05) is 0 Å². The van der Waals surface area contributed by atoms with E-state index >= 15 is 0 Å².